The molecule has 0 saturated carbocycles. The zero-order chi connectivity index (χ0) is 11.6. The summed E-state index contributed by atoms with van der Waals surface area (Å²) < 4.78 is 5.17. The van der Waals surface area contributed by atoms with E-state index in [1.165, 1.54) is 11.1 Å². The average molecular weight is 221 g/mol. The van der Waals surface area contributed by atoms with E-state index in [1.54, 1.807) is 0 Å². The number of hydrogen-bond acceptors (Lipinski definition) is 3. The van der Waals surface area contributed by atoms with Crippen LogP contribution in [0.1, 0.15) is 11.1 Å². The lowest BCUT2D eigenvalue weighted by atomic mass is 9.87. The van der Waals surface area contributed by atoms with Crippen molar-refractivity contribution in [1.82, 2.24) is 0 Å². The standard InChI is InChI=1S/C13H19NO2/c1-10-4-3-5-12(11(10)2)14-6-13(7-15)8-16-9-13/h3-5,14-15H,6-9H2,1-2H3. The summed E-state index contributed by atoms with van der Waals surface area (Å²) >= 11 is 0. The molecule has 1 aromatic rings. The van der Waals surface area contributed by atoms with Crippen LogP contribution in [0.25, 0.3) is 0 Å². The van der Waals surface area contributed by atoms with E-state index in [0.29, 0.717) is 13.2 Å². The van der Waals surface area contributed by atoms with E-state index in [-0.39, 0.29) is 12.0 Å². The van der Waals surface area contributed by atoms with Gasteiger partial charge in [-0.15, -0.1) is 0 Å². The molecule has 1 saturated heterocycles. The fraction of sp³-hybridized carbons (Fsp3) is 0.538. The highest BCUT2D eigenvalue weighted by molar-refractivity contribution is 5.53. The molecule has 0 bridgehead atoms. The zero-order valence-corrected chi connectivity index (χ0v) is 9.92. The molecule has 88 valence electrons. The van der Waals surface area contributed by atoms with Gasteiger partial charge >= 0.3 is 0 Å². The minimum absolute atomic E-state index is 0.0732. The molecule has 2 rings (SSSR count). The molecule has 0 amide bonds. The second-order valence-electron chi connectivity index (χ2n) is 4.75. The molecule has 0 atom stereocenters. The highest BCUT2D eigenvalue weighted by Gasteiger charge is 2.37. The van der Waals surface area contributed by atoms with Crippen molar-refractivity contribution in [2.75, 3.05) is 31.7 Å². The monoisotopic (exact) mass is 221 g/mol. The molecule has 1 aliphatic heterocycles. The van der Waals surface area contributed by atoms with Crippen LogP contribution in [0, 0.1) is 19.3 Å². The Balaban J connectivity index is 2.02. The number of anilines is 1. The van der Waals surface area contributed by atoms with Crippen molar-refractivity contribution in [3.63, 3.8) is 0 Å². The molecule has 0 aromatic heterocycles. The van der Waals surface area contributed by atoms with Crippen molar-refractivity contribution in [2.24, 2.45) is 5.41 Å². The smallest absolute Gasteiger partial charge is 0.0584 e. The second kappa shape index (κ2) is 4.44. The van der Waals surface area contributed by atoms with Crippen LogP contribution in [0.5, 0.6) is 0 Å². The number of aliphatic hydroxyl groups is 1. The Hall–Kier alpha value is -1.06. The minimum Gasteiger partial charge on any atom is -0.396 e. The van der Waals surface area contributed by atoms with Gasteiger partial charge < -0.3 is 15.2 Å². The molecule has 1 heterocycles. The van der Waals surface area contributed by atoms with Gasteiger partial charge in [-0.25, -0.2) is 0 Å². The molecule has 1 fully saturated rings. The van der Waals surface area contributed by atoms with Crippen LogP contribution in [0.3, 0.4) is 0 Å². The number of nitrogens with one attached hydrogen (secondary N) is 1. The Bertz CT molecular complexity index is 367. The number of aliphatic hydroxyl groups excluding tert-OH is 1. The Morgan fingerprint density at radius 2 is 2.12 bits per heavy atom. The lowest BCUT2D eigenvalue weighted by Gasteiger charge is -2.40. The molecular formula is C13H19NO2. The first kappa shape index (κ1) is 11.4. The second-order valence-corrected chi connectivity index (χ2v) is 4.75. The van der Waals surface area contributed by atoms with Crippen molar-refractivity contribution in [3.05, 3.63) is 29.3 Å². The van der Waals surface area contributed by atoms with Crippen molar-refractivity contribution in [1.29, 1.82) is 0 Å². The van der Waals surface area contributed by atoms with Gasteiger partial charge in [0.15, 0.2) is 0 Å². The Morgan fingerprint density at radius 1 is 1.38 bits per heavy atom. The first-order chi connectivity index (χ1) is 7.67. The molecular weight excluding hydrogens is 202 g/mol. The predicted octanol–water partition coefficient (Wildman–Crippen LogP) is 1.72. The van der Waals surface area contributed by atoms with Crippen LogP contribution in [0.15, 0.2) is 18.2 Å². The number of aryl methyl sites for hydroxylation is 1. The summed E-state index contributed by atoms with van der Waals surface area (Å²) in [4.78, 5) is 0. The number of benzene rings is 1. The predicted molar refractivity (Wildman–Crippen MR) is 64.7 cm³/mol. The van der Waals surface area contributed by atoms with Gasteiger partial charge in [-0.05, 0) is 31.0 Å². The molecule has 0 spiro atoms. The SMILES string of the molecule is Cc1cccc(NCC2(CO)COC2)c1C. The summed E-state index contributed by atoms with van der Waals surface area (Å²) in [7, 11) is 0. The highest BCUT2D eigenvalue weighted by Crippen LogP contribution is 2.28. The van der Waals surface area contributed by atoms with Crippen molar-refractivity contribution < 1.29 is 9.84 Å². The molecule has 1 aliphatic rings. The normalized spacial score (nSPS) is 17.9. The van der Waals surface area contributed by atoms with Crippen LogP contribution in [-0.4, -0.2) is 31.5 Å². The maximum absolute atomic E-state index is 9.32. The summed E-state index contributed by atoms with van der Waals surface area (Å²) in [6, 6.07) is 6.23. The summed E-state index contributed by atoms with van der Waals surface area (Å²) in [6.45, 7) is 6.48. The van der Waals surface area contributed by atoms with Gasteiger partial charge in [-0.2, -0.15) is 0 Å². The average Bonchev–Trinajstić information content (AvgIpc) is 2.23. The summed E-state index contributed by atoms with van der Waals surface area (Å²) in [5.41, 5.74) is 3.64. The third kappa shape index (κ3) is 2.06. The molecule has 2 N–H and O–H groups in total. The molecule has 0 unspecified atom stereocenters. The number of hydrogen-bond donors (Lipinski definition) is 2. The Kier molecular flexibility index (Phi) is 3.17. The van der Waals surface area contributed by atoms with E-state index in [4.69, 9.17) is 4.74 Å². The van der Waals surface area contributed by atoms with Crippen LogP contribution < -0.4 is 5.32 Å². The Labute approximate surface area is 96.4 Å². The van der Waals surface area contributed by atoms with Gasteiger partial charge in [0.05, 0.1) is 25.2 Å². The fourth-order valence-corrected chi connectivity index (χ4v) is 1.87. The molecule has 3 heteroatoms. The van der Waals surface area contributed by atoms with Gasteiger partial charge in [-0.1, -0.05) is 12.1 Å². The maximum Gasteiger partial charge on any atom is 0.0584 e. The number of rotatable bonds is 4. The largest absolute Gasteiger partial charge is 0.396 e. The molecule has 3 nitrogen and oxygen atoms in total. The third-order valence-electron chi connectivity index (χ3n) is 3.41. The lowest BCUT2D eigenvalue weighted by Crippen LogP contribution is -2.50. The highest BCUT2D eigenvalue weighted by atomic mass is 16.5. The van der Waals surface area contributed by atoms with Gasteiger partial charge in [0.25, 0.3) is 0 Å². The van der Waals surface area contributed by atoms with E-state index in [1.807, 2.05) is 6.07 Å². The van der Waals surface area contributed by atoms with E-state index >= 15 is 0 Å². The molecule has 16 heavy (non-hydrogen) atoms. The van der Waals surface area contributed by atoms with Gasteiger partial charge in [-0.3, -0.25) is 0 Å². The summed E-state index contributed by atoms with van der Waals surface area (Å²) in [6.07, 6.45) is 0. The van der Waals surface area contributed by atoms with E-state index in [9.17, 15) is 5.11 Å². The third-order valence-corrected chi connectivity index (χ3v) is 3.41. The van der Waals surface area contributed by atoms with Gasteiger partial charge in [0, 0.05) is 12.2 Å². The van der Waals surface area contributed by atoms with Crippen LogP contribution in [0.4, 0.5) is 5.69 Å². The van der Waals surface area contributed by atoms with E-state index in [2.05, 4.69) is 31.3 Å². The lowest BCUT2D eigenvalue weighted by molar-refractivity contribution is -0.128. The van der Waals surface area contributed by atoms with Crippen LogP contribution in [0.2, 0.25) is 0 Å². The van der Waals surface area contributed by atoms with E-state index < -0.39 is 0 Å². The number of ether oxygens (including phenoxy) is 1. The van der Waals surface area contributed by atoms with Crippen molar-refractivity contribution in [3.8, 4) is 0 Å². The Morgan fingerprint density at radius 3 is 2.69 bits per heavy atom. The van der Waals surface area contributed by atoms with Crippen LogP contribution >= 0.6 is 0 Å². The topological polar surface area (TPSA) is 41.5 Å². The first-order valence-corrected chi connectivity index (χ1v) is 5.66. The van der Waals surface area contributed by atoms with Crippen molar-refractivity contribution in [2.45, 2.75) is 13.8 Å². The zero-order valence-electron chi connectivity index (χ0n) is 9.92. The molecule has 0 aliphatic carbocycles. The minimum atomic E-state index is -0.0732. The molecule has 1 aromatic carbocycles. The van der Waals surface area contributed by atoms with Gasteiger partial charge in [0.2, 0.25) is 0 Å². The maximum atomic E-state index is 9.32. The van der Waals surface area contributed by atoms with E-state index in [0.717, 1.165) is 12.2 Å². The molecule has 0 radical (unpaired) electrons. The van der Waals surface area contributed by atoms with Crippen LogP contribution in [-0.2, 0) is 4.74 Å². The first-order valence-electron chi connectivity index (χ1n) is 5.66. The summed E-state index contributed by atoms with van der Waals surface area (Å²) in [5, 5.41) is 12.7. The quantitative estimate of drug-likeness (QED) is 0.813. The van der Waals surface area contributed by atoms with Crippen molar-refractivity contribution >= 4 is 5.69 Å². The summed E-state index contributed by atoms with van der Waals surface area (Å²) in [5.74, 6) is 0. The van der Waals surface area contributed by atoms with Gasteiger partial charge in [0.1, 0.15) is 0 Å². The fourth-order valence-electron chi connectivity index (χ4n) is 1.87.